The molecular formula is C15H21N3O. The largest absolute Gasteiger partial charge is 0.337 e. The van der Waals surface area contributed by atoms with Crippen molar-refractivity contribution in [2.24, 2.45) is 5.73 Å². The summed E-state index contributed by atoms with van der Waals surface area (Å²) in [5.74, 6) is 1.65. The first kappa shape index (κ1) is 13.7. The zero-order valence-electron chi connectivity index (χ0n) is 11.8. The van der Waals surface area contributed by atoms with Gasteiger partial charge >= 0.3 is 0 Å². The molecule has 0 aliphatic heterocycles. The highest BCUT2D eigenvalue weighted by molar-refractivity contribution is 5.54. The van der Waals surface area contributed by atoms with Crippen molar-refractivity contribution in [2.75, 3.05) is 0 Å². The van der Waals surface area contributed by atoms with Gasteiger partial charge < -0.3 is 10.3 Å². The highest BCUT2D eigenvalue weighted by Gasteiger charge is 2.14. The molecule has 19 heavy (non-hydrogen) atoms. The Hall–Kier alpha value is -1.68. The zero-order chi connectivity index (χ0) is 13.8. The summed E-state index contributed by atoms with van der Waals surface area (Å²) in [4.78, 5) is 4.37. The molecule has 0 aliphatic rings. The normalized spacial score (nSPS) is 12.9. The van der Waals surface area contributed by atoms with Crippen LogP contribution in [0.1, 0.15) is 57.0 Å². The molecule has 1 aromatic carbocycles. The van der Waals surface area contributed by atoms with Crippen molar-refractivity contribution >= 4 is 0 Å². The zero-order valence-corrected chi connectivity index (χ0v) is 11.8. The summed E-state index contributed by atoms with van der Waals surface area (Å²) in [7, 11) is 0. The third-order valence-electron chi connectivity index (χ3n) is 3.19. The van der Waals surface area contributed by atoms with Crippen LogP contribution in [0.3, 0.4) is 0 Å². The summed E-state index contributed by atoms with van der Waals surface area (Å²) in [5, 5.41) is 4.00. The van der Waals surface area contributed by atoms with Gasteiger partial charge in [0.25, 0.3) is 0 Å². The van der Waals surface area contributed by atoms with E-state index >= 15 is 0 Å². The van der Waals surface area contributed by atoms with Crippen LogP contribution >= 0.6 is 0 Å². The van der Waals surface area contributed by atoms with Gasteiger partial charge in [0, 0.05) is 5.56 Å². The number of hydrogen-bond acceptors (Lipinski definition) is 4. The minimum absolute atomic E-state index is 0.166. The first-order chi connectivity index (χ1) is 9.11. The highest BCUT2D eigenvalue weighted by atomic mass is 16.5. The molecule has 2 aromatic rings. The van der Waals surface area contributed by atoms with Crippen LogP contribution in [0.25, 0.3) is 11.4 Å². The highest BCUT2D eigenvalue weighted by Crippen LogP contribution is 2.22. The maximum atomic E-state index is 5.96. The quantitative estimate of drug-likeness (QED) is 0.890. The van der Waals surface area contributed by atoms with Crippen molar-refractivity contribution in [3.05, 3.63) is 35.7 Å². The van der Waals surface area contributed by atoms with Crippen molar-refractivity contribution in [3.63, 3.8) is 0 Å². The molecule has 4 nitrogen and oxygen atoms in total. The topological polar surface area (TPSA) is 64.9 Å². The van der Waals surface area contributed by atoms with Gasteiger partial charge in [-0.05, 0) is 17.9 Å². The first-order valence-electron chi connectivity index (χ1n) is 6.81. The van der Waals surface area contributed by atoms with Gasteiger partial charge in [-0.2, -0.15) is 4.98 Å². The molecule has 0 unspecified atom stereocenters. The second-order valence-corrected chi connectivity index (χ2v) is 5.13. The van der Waals surface area contributed by atoms with Crippen LogP contribution in [0.15, 0.2) is 28.8 Å². The van der Waals surface area contributed by atoms with E-state index in [0.717, 1.165) is 18.4 Å². The Morgan fingerprint density at radius 1 is 1.21 bits per heavy atom. The molecule has 0 amide bonds. The summed E-state index contributed by atoms with van der Waals surface area (Å²) in [6, 6.07) is 8.08. The van der Waals surface area contributed by atoms with E-state index in [9.17, 15) is 0 Å². The van der Waals surface area contributed by atoms with Crippen LogP contribution in [-0.2, 0) is 0 Å². The summed E-state index contributed by atoms with van der Waals surface area (Å²) >= 11 is 0. The molecular weight excluding hydrogens is 238 g/mol. The van der Waals surface area contributed by atoms with Crippen LogP contribution in [0, 0.1) is 0 Å². The predicted octanol–water partition coefficient (Wildman–Crippen LogP) is 3.66. The lowest BCUT2D eigenvalue weighted by Gasteiger charge is -2.04. The van der Waals surface area contributed by atoms with Crippen molar-refractivity contribution in [1.82, 2.24) is 10.1 Å². The van der Waals surface area contributed by atoms with E-state index in [-0.39, 0.29) is 6.04 Å². The minimum atomic E-state index is -0.166. The van der Waals surface area contributed by atoms with E-state index in [0.29, 0.717) is 17.6 Å². The van der Waals surface area contributed by atoms with Gasteiger partial charge in [-0.15, -0.1) is 0 Å². The Morgan fingerprint density at radius 2 is 1.89 bits per heavy atom. The van der Waals surface area contributed by atoms with E-state index in [1.807, 2.05) is 12.1 Å². The monoisotopic (exact) mass is 259 g/mol. The number of nitrogens with zero attached hydrogens (tertiary/aromatic N) is 2. The van der Waals surface area contributed by atoms with Crippen LogP contribution in [0.5, 0.6) is 0 Å². The van der Waals surface area contributed by atoms with Gasteiger partial charge in [0.05, 0.1) is 6.04 Å². The fraction of sp³-hybridized carbons (Fsp3) is 0.467. The van der Waals surface area contributed by atoms with E-state index in [2.05, 4.69) is 43.0 Å². The maximum absolute atomic E-state index is 5.96. The molecule has 2 rings (SSSR count). The van der Waals surface area contributed by atoms with E-state index in [4.69, 9.17) is 10.3 Å². The van der Waals surface area contributed by atoms with Crippen LogP contribution in [0.2, 0.25) is 0 Å². The van der Waals surface area contributed by atoms with Gasteiger partial charge in [0.15, 0.2) is 0 Å². The van der Waals surface area contributed by atoms with Gasteiger partial charge in [-0.3, -0.25) is 0 Å². The van der Waals surface area contributed by atoms with Crippen LogP contribution in [-0.4, -0.2) is 10.1 Å². The number of rotatable bonds is 5. The van der Waals surface area contributed by atoms with Gasteiger partial charge in [-0.25, -0.2) is 0 Å². The molecule has 102 valence electrons. The lowest BCUT2D eigenvalue weighted by atomic mass is 10.0. The Kier molecular flexibility index (Phi) is 4.32. The number of hydrogen-bond donors (Lipinski definition) is 1. The number of nitrogens with two attached hydrogens (primary N) is 1. The molecule has 0 saturated heterocycles. The molecule has 0 bridgehead atoms. The average Bonchev–Trinajstić information content (AvgIpc) is 2.89. The number of aromatic nitrogens is 2. The first-order valence-corrected chi connectivity index (χ1v) is 6.81. The minimum Gasteiger partial charge on any atom is -0.337 e. The van der Waals surface area contributed by atoms with Gasteiger partial charge in [0.2, 0.25) is 11.7 Å². The second-order valence-electron chi connectivity index (χ2n) is 5.13. The maximum Gasteiger partial charge on any atom is 0.243 e. The van der Waals surface area contributed by atoms with Crippen LogP contribution in [0.4, 0.5) is 0 Å². The molecule has 1 aromatic heterocycles. The third-order valence-corrected chi connectivity index (χ3v) is 3.19. The third kappa shape index (κ3) is 3.20. The Balaban J connectivity index is 2.18. The Bertz CT molecular complexity index is 516. The summed E-state index contributed by atoms with van der Waals surface area (Å²) < 4.78 is 5.22. The predicted molar refractivity (Wildman–Crippen MR) is 75.7 cm³/mol. The molecule has 0 saturated carbocycles. The molecule has 2 N–H and O–H groups in total. The molecule has 4 heteroatoms. The smallest absolute Gasteiger partial charge is 0.243 e. The fourth-order valence-corrected chi connectivity index (χ4v) is 1.95. The van der Waals surface area contributed by atoms with Crippen molar-refractivity contribution < 1.29 is 4.52 Å². The van der Waals surface area contributed by atoms with Gasteiger partial charge in [0.1, 0.15) is 0 Å². The fourth-order valence-electron chi connectivity index (χ4n) is 1.95. The molecule has 0 spiro atoms. The Labute approximate surface area is 114 Å². The summed E-state index contributed by atoms with van der Waals surface area (Å²) in [6.07, 6.45) is 1.86. The molecule has 1 atom stereocenters. The molecule has 0 radical (unpaired) electrons. The van der Waals surface area contributed by atoms with Crippen LogP contribution < -0.4 is 5.73 Å². The summed E-state index contributed by atoms with van der Waals surface area (Å²) in [6.45, 7) is 6.43. The van der Waals surface area contributed by atoms with E-state index < -0.39 is 0 Å². The second kappa shape index (κ2) is 5.97. The summed E-state index contributed by atoms with van der Waals surface area (Å²) in [5.41, 5.74) is 8.23. The lowest BCUT2D eigenvalue weighted by molar-refractivity contribution is 0.348. The van der Waals surface area contributed by atoms with E-state index in [1.54, 1.807) is 0 Å². The average molecular weight is 259 g/mol. The van der Waals surface area contributed by atoms with Crippen molar-refractivity contribution in [3.8, 4) is 11.4 Å². The van der Waals surface area contributed by atoms with Crippen molar-refractivity contribution in [1.29, 1.82) is 0 Å². The SMILES string of the molecule is CCC[C@H](N)c1nc(-c2ccc(C(C)C)cc2)no1. The molecule has 0 fully saturated rings. The lowest BCUT2D eigenvalue weighted by Crippen LogP contribution is -2.09. The van der Waals surface area contributed by atoms with Gasteiger partial charge in [-0.1, -0.05) is 56.6 Å². The van der Waals surface area contributed by atoms with Crippen molar-refractivity contribution in [2.45, 2.75) is 45.6 Å². The Morgan fingerprint density at radius 3 is 2.47 bits per heavy atom. The van der Waals surface area contributed by atoms with E-state index in [1.165, 1.54) is 5.56 Å². The standard InChI is InChI=1S/C15H21N3O/c1-4-5-13(16)15-17-14(18-19-15)12-8-6-11(7-9-12)10(2)3/h6-10,13H,4-5,16H2,1-3H3/t13-/m0/s1. The molecule has 1 heterocycles. The number of benzene rings is 1. The molecule has 0 aliphatic carbocycles.